The molecule has 30 heavy (non-hydrogen) atoms. The van der Waals surface area contributed by atoms with Crippen LogP contribution >= 0.6 is 0 Å². The lowest BCUT2D eigenvalue weighted by atomic mass is 10.0. The Kier molecular flexibility index (Phi) is 4.10. The lowest BCUT2D eigenvalue weighted by molar-refractivity contribution is 0.0980. The number of hydrogen-bond donors (Lipinski definition) is 4. The van der Waals surface area contributed by atoms with E-state index in [-0.39, 0.29) is 23.6 Å². The molecule has 0 aliphatic carbocycles. The Balaban J connectivity index is 1.86. The molecule has 0 bridgehead atoms. The molecule has 3 heterocycles. The third-order valence-electron chi connectivity index (χ3n) is 5.38. The van der Waals surface area contributed by atoms with Gasteiger partial charge in [-0.2, -0.15) is 0 Å². The van der Waals surface area contributed by atoms with Crippen molar-refractivity contribution in [1.82, 2.24) is 19.5 Å². The fourth-order valence-corrected chi connectivity index (χ4v) is 4.00. The topological polar surface area (TPSA) is 107 Å². The van der Waals surface area contributed by atoms with E-state index in [1.165, 1.54) is 4.57 Å². The second-order valence-corrected chi connectivity index (χ2v) is 7.26. The van der Waals surface area contributed by atoms with Gasteiger partial charge in [-0.05, 0) is 30.7 Å². The number of benzene rings is 2. The van der Waals surface area contributed by atoms with E-state index in [0.717, 1.165) is 27.5 Å². The van der Waals surface area contributed by atoms with E-state index in [1.807, 2.05) is 43.3 Å². The molecule has 0 saturated heterocycles. The van der Waals surface area contributed by atoms with Gasteiger partial charge >= 0.3 is 0 Å². The van der Waals surface area contributed by atoms with E-state index in [0.29, 0.717) is 17.8 Å². The molecule has 7 heteroatoms. The third kappa shape index (κ3) is 2.59. The van der Waals surface area contributed by atoms with Gasteiger partial charge < -0.3 is 20.2 Å². The van der Waals surface area contributed by atoms with Crippen LogP contribution in [0.5, 0.6) is 11.6 Å². The SMILES string of the molecule is CCCC(=O)c1c(O)c(O)n(-c2ccc3nc[nH]c3c2)c1-c1c[nH]c2ccccc12. The predicted octanol–water partition coefficient (Wildman–Crippen LogP) is 4.90. The summed E-state index contributed by atoms with van der Waals surface area (Å²) in [5.74, 6) is -0.987. The number of aromatic nitrogens is 4. The molecule has 0 atom stereocenters. The summed E-state index contributed by atoms with van der Waals surface area (Å²) in [5.41, 5.74) is 4.39. The van der Waals surface area contributed by atoms with Gasteiger partial charge in [0.15, 0.2) is 11.5 Å². The van der Waals surface area contributed by atoms with Crippen molar-refractivity contribution in [2.75, 3.05) is 0 Å². The number of H-pyrrole nitrogens is 2. The molecule has 0 amide bonds. The van der Waals surface area contributed by atoms with Gasteiger partial charge in [-0.3, -0.25) is 9.36 Å². The van der Waals surface area contributed by atoms with E-state index >= 15 is 0 Å². The van der Waals surface area contributed by atoms with Crippen LogP contribution in [0.3, 0.4) is 0 Å². The predicted molar refractivity (Wildman–Crippen MR) is 115 cm³/mol. The van der Waals surface area contributed by atoms with Crippen LogP contribution in [0.2, 0.25) is 0 Å². The van der Waals surface area contributed by atoms with Gasteiger partial charge in [0.05, 0.1) is 34.3 Å². The van der Waals surface area contributed by atoms with Gasteiger partial charge in [-0.15, -0.1) is 0 Å². The Morgan fingerprint density at radius 1 is 1.10 bits per heavy atom. The molecule has 5 aromatic rings. The summed E-state index contributed by atoms with van der Waals surface area (Å²) in [6.45, 7) is 1.91. The minimum atomic E-state index is -0.404. The smallest absolute Gasteiger partial charge is 0.240 e. The second-order valence-electron chi connectivity index (χ2n) is 7.26. The van der Waals surface area contributed by atoms with E-state index in [4.69, 9.17) is 0 Å². The number of aromatic hydroxyl groups is 2. The Morgan fingerprint density at radius 2 is 1.93 bits per heavy atom. The maximum Gasteiger partial charge on any atom is 0.240 e. The first kappa shape index (κ1) is 18.1. The number of fused-ring (bicyclic) bond motifs is 2. The van der Waals surface area contributed by atoms with Crippen molar-refractivity contribution in [3.8, 4) is 28.6 Å². The average molecular weight is 400 g/mol. The Bertz CT molecular complexity index is 1410. The number of imidazole rings is 1. The standard InChI is InChI=1S/C23H20N4O3/c1-2-5-19(28)20-21(15-11-24-16-7-4-3-6-14(15)16)27(23(30)22(20)29)13-8-9-17-18(10-13)26-12-25-17/h3-4,6-12,24,29-30H,2,5H2,1H3,(H,25,26). The molecule has 0 saturated carbocycles. The molecule has 0 unspecified atom stereocenters. The van der Waals surface area contributed by atoms with Crippen molar-refractivity contribution < 1.29 is 15.0 Å². The molecule has 3 aromatic heterocycles. The molecule has 150 valence electrons. The molecule has 0 fully saturated rings. The molecular formula is C23H20N4O3. The minimum Gasteiger partial charge on any atom is -0.503 e. The fourth-order valence-electron chi connectivity index (χ4n) is 4.00. The van der Waals surface area contributed by atoms with Gasteiger partial charge in [-0.1, -0.05) is 25.1 Å². The lowest BCUT2D eigenvalue weighted by Gasteiger charge is -2.11. The van der Waals surface area contributed by atoms with Crippen molar-refractivity contribution in [3.05, 3.63) is 60.6 Å². The highest BCUT2D eigenvalue weighted by molar-refractivity contribution is 6.09. The quantitative estimate of drug-likeness (QED) is 0.315. The highest BCUT2D eigenvalue weighted by atomic mass is 16.3. The molecular weight excluding hydrogens is 380 g/mol. The highest BCUT2D eigenvalue weighted by Crippen LogP contribution is 2.45. The van der Waals surface area contributed by atoms with Crippen LogP contribution in [0.15, 0.2) is 55.0 Å². The van der Waals surface area contributed by atoms with Crippen molar-refractivity contribution in [3.63, 3.8) is 0 Å². The van der Waals surface area contributed by atoms with Crippen LogP contribution in [0, 0.1) is 0 Å². The first-order valence-electron chi connectivity index (χ1n) is 9.80. The number of aromatic amines is 2. The van der Waals surface area contributed by atoms with E-state index in [1.54, 1.807) is 18.6 Å². The molecule has 4 N–H and O–H groups in total. The van der Waals surface area contributed by atoms with Crippen LogP contribution < -0.4 is 0 Å². The zero-order valence-corrected chi connectivity index (χ0v) is 16.3. The average Bonchev–Trinajstić information content (AvgIpc) is 3.44. The number of nitrogens with one attached hydrogen (secondary N) is 2. The number of hydrogen-bond acceptors (Lipinski definition) is 4. The number of carbonyl (C=O) groups excluding carboxylic acids is 1. The first-order valence-corrected chi connectivity index (χ1v) is 9.80. The van der Waals surface area contributed by atoms with E-state index < -0.39 is 5.75 Å². The Morgan fingerprint density at radius 3 is 2.77 bits per heavy atom. The summed E-state index contributed by atoms with van der Waals surface area (Å²) in [6, 6.07) is 13.2. The number of Topliss-reactive ketones (excluding diaryl/α,β-unsaturated/α-hetero) is 1. The summed E-state index contributed by atoms with van der Waals surface area (Å²) in [4.78, 5) is 23.5. The summed E-state index contributed by atoms with van der Waals surface area (Å²) in [6.07, 6.45) is 4.30. The molecule has 5 rings (SSSR count). The van der Waals surface area contributed by atoms with Crippen LogP contribution in [-0.2, 0) is 0 Å². The zero-order valence-electron chi connectivity index (χ0n) is 16.3. The van der Waals surface area contributed by atoms with Crippen molar-refractivity contribution >= 4 is 27.7 Å². The summed E-state index contributed by atoms with van der Waals surface area (Å²) in [5, 5.41) is 22.6. The first-order chi connectivity index (χ1) is 14.6. The summed E-state index contributed by atoms with van der Waals surface area (Å²) < 4.78 is 1.52. The minimum absolute atomic E-state index is 0.129. The Labute approximate surface area is 171 Å². The number of para-hydroxylation sites is 1. The van der Waals surface area contributed by atoms with Gasteiger partial charge in [-0.25, -0.2) is 4.98 Å². The molecule has 0 radical (unpaired) electrons. The van der Waals surface area contributed by atoms with Crippen molar-refractivity contribution in [2.24, 2.45) is 0 Å². The maximum atomic E-state index is 13.0. The highest BCUT2D eigenvalue weighted by Gasteiger charge is 2.30. The summed E-state index contributed by atoms with van der Waals surface area (Å²) in [7, 11) is 0. The number of ketones is 1. The van der Waals surface area contributed by atoms with E-state index in [2.05, 4.69) is 15.0 Å². The molecule has 7 nitrogen and oxygen atoms in total. The van der Waals surface area contributed by atoms with Crippen LogP contribution in [-0.4, -0.2) is 35.5 Å². The van der Waals surface area contributed by atoms with Crippen molar-refractivity contribution in [1.29, 1.82) is 0 Å². The number of nitrogens with zero attached hydrogens (tertiary/aromatic N) is 2. The second kappa shape index (κ2) is 6.81. The summed E-state index contributed by atoms with van der Waals surface area (Å²) >= 11 is 0. The zero-order chi connectivity index (χ0) is 20.8. The van der Waals surface area contributed by atoms with Gasteiger partial charge in [0.2, 0.25) is 5.88 Å². The fraction of sp³-hybridized carbons (Fsp3) is 0.130. The van der Waals surface area contributed by atoms with Gasteiger partial charge in [0, 0.05) is 29.1 Å². The van der Waals surface area contributed by atoms with Gasteiger partial charge in [0.25, 0.3) is 0 Å². The number of rotatable bonds is 5. The van der Waals surface area contributed by atoms with Crippen LogP contribution in [0.1, 0.15) is 30.1 Å². The van der Waals surface area contributed by atoms with Crippen molar-refractivity contribution in [2.45, 2.75) is 19.8 Å². The number of carbonyl (C=O) groups is 1. The third-order valence-corrected chi connectivity index (χ3v) is 5.38. The Hall–Kier alpha value is -4.00. The lowest BCUT2D eigenvalue weighted by Crippen LogP contribution is -2.03. The molecule has 0 spiro atoms. The normalized spacial score (nSPS) is 11.5. The van der Waals surface area contributed by atoms with Gasteiger partial charge in [0.1, 0.15) is 0 Å². The largest absolute Gasteiger partial charge is 0.503 e. The monoisotopic (exact) mass is 400 g/mol. The molecule has 0 aliphatic heterocycles. The van der Waals surface area contributed by atoms with E-state index in [9.17, 15) is 15.0 Å². The van der Waals surface area contributed by atoms with Crippen LogP contribution in [0.4, 0.5) is 0 Å². The maximum absolute atomic E-state index is 13.0. The molecule has 0 aliphatic rings. The molecule has 2 aromatic carbocycles. The van der Waals surface area contributed by atoms with Crippen LogP contribution in [0.25, 0.3) is 38.9 Å².